The van der Waals surface area contributed by atoms with Crippen LogP contribution in [0.15, 0.2) is 24.3 Å². The fourth-order valence-corrected chi connectivity index (χ4v) is 3.38. The van der Waals surface area contributed by atoms with Gasteiger partial charge >= 0.3 is 0 Å². The number of aromatic nitrogens is 2. The lowest BCUT2D eigenvalue weighted by atomic mass is 10.2. The van der Waals surface area contributed by atoms with Crippen LogP contribution in [0, 0.1) is 0 Å². The number of hydrogen-bond donors (Lipinski definition) is 2. The van der Waals surface area contributed by atoms with Crippen LogP contribution < -0.4 is 5.32 Å². The molecule has 1 aliphatic rings. The number of carbonyl (C=O) groups excluding carboxylic acids is 2. The van der Waals surface area contributed by atoms with Gasteiger partial charge in [-0.15, -0.1) is 0 Å². The number of aromatic amines is 1. The van der Waals surface area contributed by atoms with Crippen molar-refractivity contribution in [3.05, 3.63) is 30.0 Å². The maximum atomic E-state index is 12.3. The zero-order valence-corrected chi connectivity index (χ0v) is 14.8. The van der Waals surface area contributed by atoms with E-state index in [1.165, 1.54) is 0 Å². The second-order valence-corrected chi connectivity index (χ2v) is 6.65. The molecule has 2 aromatic rings. The van der Waals surface area contributed by atoms with Crippen molar-refractivity contribution < 1.29 is 9.59 Å². The van der Waals surface area contributed by atoms with Gasteiger partial charge in [-0.25, -0.2) is 0 Å². The van der Waals surface area contributed by atoms with E-state index in [1.54, 1.807) is 19.0 Å². The molecule has 0 aliphatic carbocycles. The molecule has 0 spiro atoms. The van der Waals surface area contributed by atoms with Crippen LogP contribution in [0.5, 0.6) is 0 Å². The van der Waals surface area contributed by atoms with Gasteiger partial charge in [0.05, 0.1) is 11.6 Å². The van der Waals surface area contributed by atoms with Crippen LogP contribution in [0.3, 0.4) is 0 Å². The Morgan fingerprint density at radius 3 is 2.96 bits per heavy atom. The molecule has 0 unspecified atom stereocenters. The van der Waals surface area contributed by atoms with Crippen LogP contribution >= 0.6 is 0 Å². The van der Waals surface area contributed by atoms with Crippen molar-refractivity contribution in [2.45, 2.75) is 25.3 Å². The Balaban J connectivity index is 1.48. The maximum absolute atomic E-state index is 12.3. The van der Waals surface area contributed by atoms with E-state index in [2.05, 4.69) is 20.4 Å². The van der Waals surface area contributed by atoms with Gasteiger partial charge < -0.3 is 10.2 Å². The van der Waals surface area contributed by atoms with Crippen molar-refractivity contribution in [2.75, 3.05) is 33.7 Å². The number of H-pyrrole nitrogens is 1. The minimum Gasteiger partial charge on any atom is -0.351 e. The molecule has 0 radical (unpaired) electrons. The van der Waals surface area contributed by atoms with Crippen molar-refractivity contribution in [3.63, 3.8) is 0 Å². The van der Waals surface area contributed by atoms with Crippen molar-refractivity contribution >= 4 is 22.7 Å². The number of benzene rings is 1. The van der Waals surface area contributed by atoms with Gasteiger partial charge in [0.15, 0.2) is 5.69 Å². The van der Waals surface area contributed by atoms with E-state index in [0.29, 0.717) is 12.2 Å². The molecule has 1 saturated heterocycles. The van der Waals surface area contributed by atoms with Crippen LogP contribution in [0.25, 0.3) is 10.9 Å². The van der Waals surface area contributed by atoms with Gasteiger partial charge in [0.25, 0.3) is 5.91 Å². The Hall–Kier alpha value is -2.41. The standard InChI is InChI=1S/C18H25N5O2/c1-22(2)18(25)15-9-5-11-23(15)12-6-10-19-17(24)16-13-7-3-4-8-14(13)20-21-16/h3-4,7-8,15H,5-6,9-12H2,1-2H3,(H,19,24)(H,20,21)/t15-/m1/s1. The summed E-state index contributed by atoms with van der Waals surface area (Å²) in [6, 6.07) is 7.57. The molecular weight excluding hydrogens is 318 g/mol. The summed E-state index contributed by atoms with van der Waals surface area (Å²) in [6.45, 7) is 2.33. The zero-order chi connectivity index (χ0) is 17.8. The Kier molecular flexibility index (Phi) is 5.33. The molecule has 2 N–H and O–H groups in total. The van der Waals surface area contributed by atoms with Gasteiger partial charge in [0.1, 0.15) is 0 Å². The van der Waals surface area contributed by atoms with E-state index in [9.17, 15) is 9.59 Å². The summed E-state index contributed by atoms with van der Waals surface area (Å²) in [7, 11) is 3.60. The third kappa shape index (κ3) is 3.82. The molecule has 7 heteroatoms. The monoisotopic (exact) mass is 343 g/mol. The largest absolute Gasteiger partial charge is 0.351 e. The molecule has 1 aliphatic heterocycles. The lowest BCUT2D eigenvalue weighted by Gasteiger charge is -2.25. The SMILES string of the molecule is CN(C)C(=O)[C@H]1CCCN1CCCNC(=O)c1n[nH]c2ccccc12. The third-order valence-corrected chi connectivity index (χ3v) is 4.68. The lowest BCUT2D eigenvalue weighted by Crippen LogP contribution is -2.43. The first kappa shape index (κ1) is 17.4. The molecule has 1 aromatic heterocycles. The minimum atomic E-state index is -0.167. The van der Waals surface area contributed by atoms with Gasteiger partial charge in [0, 0.05) is 32.6 Å². The number of fused-ring (bicyclic) bond motifs is 1. The molecule has 1 atom stereocenters. The Morgan fingerprint density at radius 2 is 2.16 bits per heavy atom. The third-order valence-electron chi connectivity index (χ3n) is 4.68. The van der Waals surface area contributed by atoms with Gasteiger partial charge in [-0.3, -0.25) is 19.6 Å². The molecule has 3 rings (SSSR count). The van der Waals surface area contributed by atoms with Gasteiger partial charge in [-0.1, -0.05) is 18.2 Å². The first-order valence-corrected chi connectivity index (χ1v) is 8.74. The quantitative estimate of drug-likeness (QED) is 0.773. The molecule has 0 bridgehead atoms. The lowest BCUT2D eigenvalue weighted by molar-refractivity contribution is -0.133. The molecule has 7 nitrogen and oxygen atoms in total. The first-order chi connectivity index (χ1) is 12.1. The van der Waals surface area contributed by atoms with Gasteiger partial charge in [-0.2, -0.15) is 5.10 Å². The number of likely N-dealkylation sites (tertiary alicyclic amines) is 1. The summed E-state index contributed by atoms with van der Waals surface area (Å²) in [5.74, 6) is 0.00400. The molecule has 1 fully saturated rings. The highest BCUT2D eigenvalue weighted by Gasteiger charge is 2.31. The number of nitrogens with zero attached hydrogens (tertiary/aromatic N) is 3. The summed E-state index contributed by atoms with van der Waals surface area (Å²) in [5.41, 5.74) is 1.28. The van der Waals surface area contributed by atoms with E-state index in [0.717, 1.165) is 43.3 Å². The molecule has 134 valence electrons. The highest BCUT2D eigenvalue weighted by Crippen LogP contribution is 2.19. The number of carbonyl (C=O) groups is 2. The van der Waals surface area contributed by atoms with Gasteiger partial charge in [-0.05, 0) is 31.9 Å². The summed E-state index contributed by atoms with van der Waals surface area (Å²) < 4.78 is 0. The minimum absolute atomic E-state index is 0.0130. The molecule has 25 heavy (non-hydrogen) atoms. The van der Waals surface area contributed by atoms with Crippen LogP contribution in [0.2, 0.25) is 0 Å². The molecule has 0 saturated carbocycles. The zero-order valence-electron chi connectivity index (χ0n) is 14.8. The molecule has 2 heterocycles. The van der Waals surface area contributed by atoms with E-state index in [-0.39, 0.29) is 17.9 Å². The second kappa shape index (κ2) is 7.65. The smallest absolute Gasteiger partial charge is 0.272 e. The maximum Gasteiger partial charge on any atom is 0.272 e. The fraction of sp³-hybridized carbons (Fsp3) is 0.500. The van der Waals surface area contributed by atoms with E-state index < -0.39 is 0 Å². The van der Waals surface area contributed by atoms with Crippen LogP contribution in [-0.4, -0.2) is 71.6 Å². The topological polar surface area (TPSA) is 81.3 Å². The predicted molar refractivity (Wildman–Crippen MR) is 96.3 cm³/mol. The van der Waals surface area contributed by atoms with Crippen LogP contribution in [-0.2, 0) is 4.79 Å². The second-order valence-electron chi connectivity index (χ2n) is 6.65. The van der Waals surface area contributed by atoms with Crippen LogP contribution in [0.4, 0.5) is 0 Å². The van der Waals surface area contributed by atoms with Gasteiger partial charge in [0.2, 0.25) is 5.91 Å². The van der Waals surface area contributed by atoms with Crippen molar-refractivity contribution in [1.29, 1.82) is 0 Å². The Bertz CT molecular complexity index is 755. The average Bonchev–Trinajstić information content (AvgIpc) is 3.24. The highest BCUT2D eigenvalue weighted by atomic mass is 16.2. The number of rotatable bonds is 6. The number of amides is 2. The number of likely N-dealkylation sites (N-methyl/N-ethyl adjacent to an activating group) is 1. The predicted octanol–water partition coefficient (Wildman–Crippen LogP) is 1.24. The van der Waals surface area contributed by atoms with Crippen LogP contribution in [0.1, 0.15) is 29.8 Å². The van der Waals surface area contributed by atoms with E-state index >= 15 is 0 Å². The first-order valence-electron chi connectivity index (χ1n) is 8.74. The molecule has 1 aromatic carbocycles. The number of nitrogens with one attached hydrogen (secondary N) is 2. The summed E-state index contributed by atoms with van der Waals surface area (Å²) in [6.07, 6.45) is 2.78. The van der Waals surface area contributed by atoms with Crippen molar-refractivity contribution in [2.24, 2.45) is 0 Å². The number of para-hydroxylation sites is 1. The average molecular weight is 343 g/mol. The normalized spacial score (nSPS) is 17.8. The summed E-state index contributed by atoms with van der Waals surface area (Å²) >= 11 is 0. The molecule has 2 amide bonds. The van der Waals surface area contributed by atoms with E-state index in [1.807, 2.05) is 24.3 Å². The summed E-state index contributed by atoms with van der Waals surface area (Å²) in [4.78, 5) is 28.4. The number of hydrogen-bond acceptors (Lipinski definition) is 4. The van der Waals surface area contributed by atoms with Crippen molar-refractivity contribution in [1.82, 2.24) is 25.3 Å². The Morgan fingerprint density at radius 1 is 1.36 bits per heavy atom. The highest BCUT2D eigenvalue weighted by molar-refractivity contribution is 6.04. The van der Waals surface area contributed by atoms with Crippen molar-refractivity contribution in [3.8, 4) is 0 Å². The Labute approximate surface area is 147 Å². The molecular formula is C18H25N5O2. The summed E-state index contributed by atoms with van der Waals surface area (Å²) in [5, 5.41) is 10.7. The fourth-order valence-electron chi connectivity index (χ4n) is 3.38. The van der Waals surface area contributed by atoms with E-state index in [4.69, 9.17) is 0 Å².